The van der Waals surface area contributed by atoms with Crippen LogP contribution in [-0.4, -0.2) is 37.1 Å². The molecule has 1 aliphatic carbocycles. The van der Waals surface area contributed by atoms with Gasteiger partial charge in [0, 0.05) is 12.6 Å². The molecule has 0 radical (unpaired) electrons. The Morgan fingerprint density at radius 2 is 1.85 bits per heavy atom. The molecule has 0 aromatic rings. The van der Waals surface area contributed by atoms with Crippen LogP contribution in [-0.2, 0) is 0 Å². The standard InChI is InChI=1S/C18H36N2/c1-5-12-20(14-16-7-10-19-11-8-16)17-6-9-18(3,4)13-15(17)2/h15-17,19H,5-14H2,1-4H3. The molecular formula is C18H36N2. The predicted octanol–water partition coefficient (Wildman–Crippen LogP) is 3.91. The van der Waals surface area contributed by atoms with Crippen LogP contribution in [0.3, 0.4) is 0 Å². The first kappa shape index (κ1) is 16.3. The topological polar surface area (TPSA) is 15.3 Å². The minimum Gasteiger partial charge on any atom is -0.317 e. The fourth-order valence-electron chi connectivity index (χ4n) is 4.55. The molecule has 2 heteroatoms. The Hall–Kier alpha value is -0.0800. The molecule has 2 nitrogen and oxygen atoms in total. The summed E-state index contributed by atoms with van der Waals surface area (Å²) < 4.78 is 0. The molecule has 2 aliphatic rings. The van der Waals surface area contributed by atoms with Crippen LogP contribution in [0.4, 0.5) is 0 Å². The second kappa shape index (κ2) is 7.26. The van der Waals surface area contributed by atoms with E-state index in [4.69, 9.17) is 0 Å². The van der Waals surface area contributed by atoms with E-state index in [1.165, 1.54) is 64.7 Å². The van der Waals surface area contributed by atoms with E-state index in [9.17, 15) is 0 Å². The van der Waals surface area contributed by atoms with E-state index in [1.807, 2.05) is 0 Å². The number of piperidine rings is 1. The third-order valence-electron chi connectivity index (χ3n) is 5.58. The van der Waals surface area contributed by atoms with Gasteiger partial charge < -0.3 is 5.32 Å². The first-order valence-corrected chi connectivity index (χ1v) is 8.96. The summed E-state index contributed by atoms with van der Waals surface area (Å²) >= 11 is 0. The summed E-state index contributed by atoms with van der Waals surface area (Å²) in [6, 6.07) is 0.845. The summed E-state index contributed by atoms with van der Waals surface area (Å²) in [4.78, 5) is 2.86. The second-order valence-corrected chi connectivity index (χ2v) is 8.14. The van der Waals surface area contributed by atoms with Crippen molar-refractivity contribution in [3.8, 4) is 0 Å². The zero-order valence-corrected chi connectivity index (χ0v) is 14.3. The van der Waals surface area contributed by atoms with E-state index >= 15 is 0 Å². The van der Waals surface area contributed by atoms with Gasteiger partial charge in [-0.2, -0.15) is 0 Å². The first-order valence-electron chi connectivity index (χ1n) is 8.96. The number of hydrogen-bond acceptors (Lipinski definition) is 2. The maximum absolute atomic E-state index is 3.50. The van der Waals surface area contributed by atoms with Gasteiger partial charge in [-0.15, -0.1) is 0 Å². The van der Waals surface area contributed by atoms with Crippen LogP contribution in [0.2, 0.25) is 0 Å². The minimum absolute atomic E-state index is 0.572. The van der Waals surface area contributed by atoms with Crippen molar-refractivity contribution in [2.75, 3.05) is 26.2 Å². The normalized spacial score (nSPS) is 31.6. The van der Waals surface area contributed by atoms with Crippen LogP contribution in [0.15, 0.2) is 0 Å². The molecule has 0 aromatic heterocycles. The molecule has 2 rings (SSSR count). The molecule has 2 unspecified atom stereocenters. The fourth-order valence-corrected chi connectivity index (χ4v) is 4.55. The molecule has 20 heavy (non-hydrogen) atoms. The Balaban J connectivity index is 1.93. The third-order valence-corrected chi connectivity index (χ3v) is 5.58. The van der Waals surface area contributed by atoms with Crippen LogP contribution < -0.4 is 5.32 Å². The average Bonchev–Trinajstić information content (AvgIpc) is 2.38. The highest BCUT2D eigenvalue weighted by Gasteiger charge is 2.35. The summed E-state index contributed by atoms with van der Waals surface area (Å²) in [5.41, 5.74) is 0.572. The van der Waals surface area contributed by atoms with Crippen molar-refractivity contribution < 1.29 is 0 Å². The molecule has 1 N–H and O–H groups in total. The van der Waals surface area contributed by atoms with E-state index < -0.39 is 0 Å². The van der Waals surface area contributed by atoms with Crippen molar-refractivity contribution in [1.29, 1.82) is 0 Å². The second-order valence-electron chi connectivity index (χ2n) is 8.14. The van der Waals surface area contributed by atoms with Crippen molar-refractivity contribution in [3.63, 3.8) is 0 Å². The van der Waals surface area contributed by atoms with Crippen LogP contribution in [0.25, 0.3) is 0 Å². The third kappa shape index (κ3) is 4.46. The molecule has 0 aromatic carbocycles. The van der Waals surface area contributed by atoms with Gasteiger partial charge in [-0.1, -0.05) is 27.7 Å². The molecular weight excluding hydrogens is 244 g/mol. The smallest absolute Gasteiger partial charge is 0.0121 e. The highest BCUT2D eigenvalue weighted by molar-refractivity contribution is 4.89. The lowest BCUT2D eigenvalue weighted by atomic mass is 9.70. The fraction of sp³-hybridized carbons (Fsp3) is 1.00. The molecule has 1 heterocycles. The van der Waals surface area contributed by atoms with Gasteiger partial charge in [0.25, 0.3) is 0 Å². The number of hydrogen-bond donors (Lipinski definition) is 1. The van der Waals surface area contributed by atoms with E-state index in [0.29, 0.717) is 5.41 Å². The summed E-state index contributed by atoms with van der Waals surface area (Å²) in [6.45, 7) is 14.9. The Morgan fingerprint density at radius 3 is 2.45 bits per heavy atom. The molecule has 0 amide bonds. The lowest BCUT2D eigenvalue weighted by Crippen LogP contribution is -2.48. The molecule has 2 fully saturated rings. The maximum atomic E-state index is 3.50. The Labute approximate surface area is 126 Å². The molecule has 1 aliphatic heterocycles. The lowest BCUT2D eigenvalue weighted by Gasteiger charge is -2.45. The Kier molecular flexibility index (Phi) is 5.92. The zero-order valence-electron chi connectivity index (χ0n) is 14.3. The van der Waals surface area contributed by atoms with Gasteiger partial charge in [0.1, 0.15) is 0 Å². The van der Waals surface area contributed by atoms with E-state index in [1.54, 1.807) is 0 Å². The predicted molar refractivity (Wildman–Crippen MR) is 88.0 cm³/mol. The minimum atomic E-state index is 0.572. The number of nitrogens with one attached hydrogen (secondary N) is 1. The summed E-state index contributed by atoms with van der Waals surface area (Å²) in [6.07, 6.45) is 8.30. The van der Waals surface area contributed by atoms with Gasteiger partial charge in [0.2, 0.25) is 0 Å². The van der Waals surface area contributed by atoms with Gasteiger partial charge >= 0.3 is 0 Å². The van der Waals surface area contributed by atoms with Gasteiger partial charge in [-0.05, 0) is 75.4 Å². The van der Waals surface area contributed by atoms with Gasteiger partial charge in [0.15, 0.2) is 0 Å². The molecule has 2 atom stereocenters. The maximum Gasteiger partial charge on any atom is 0.0121 e. The first-order chi connectivity index (χ1) is 9.52. The number of rotatable bonds is 5. The van der Waals surface area contributed by atoms with Crippen LogP contribution in [0.1, 0.15) is 66.2 Å². The highest BCUT2D eigenvalue weighted by atomic mass is 15.2. The molecule has 0 bridgehead atoms. The Morgan fingerprint density at radius 1 is 1.15 bits per heavy atom. The van der Waals surface area contributed by atoms with Gasteiger partial charge in [0.05, 0.1) is 0 Å². The van der Waals surface area contributed by atoms with Crippen molar-refractivity contribution in [2.45, 2.75) is 72.3 Å². The monoisotopic (exact) mass is 280 g/mol. The molecule has 0 spiro atoms. The number of nitrogens with zero attached hydrogens (tertiary/aromatic N) is 1. The average molecular weight is 280 g/mol. The summed E-state index contributed by atoms with van der Waals surface area (Å²) in [7, 11) is 0. The van der Waals surface area contributed by atoms with E-state index in [2.05, 4.69) is 37.9 Å². The Bertz CT molecular complexity index is 281. The largest absolute Gasteiger partial charge is 0.317 e. The van der Waals surface area contributed by atoms with Crippen molar-refractivity contribution >= 4 is 0 Å². The SMILES string of the molecule is CCCN(CC1CCNCC1)C1CCC(C)(C)CC1C. The van der Waals surface area contributed by atoms with Crippen molar-refractivity contribution in [2.24, 2.45) is 17.3 Å². The van der Waals surface area contributed by atoms with Gasteiger partial charge in [-0.3, -0.25) is 4.90 Å². The lowest BCUT2D eigenvalue weighted by molar-refractivity contribution is 0.0463. The van der Waals surface area contributed by atoms with E-state index in [0.717, 1.165) is 17.9 Å². The van der Waals surface area contributed by atoms with Gasteiger partial charge in [-0.25, -0.2) is 0 Å². The summed E-state index contributed by atoms with van der Waals surface area (Å²) in [5, 5.41) is 3.50. The van der Waals surface area contributed by atoms with Crippen molar-refractivity contribution in [1.82, 2.24) is 10.2 Å². The highest BCUT2D eigenvalue weighted by Crippen LogP contribution is 2.40. The molecule has 118 valence electrons. The molecule has 1 saturated carbocycles. The molecule has 1 saturated heterocycles. The van der Waals surface area contributed by atoms with Crippen LogP contribution in [0, 0.1) is 17.3 Å². The van der Waals surface area contributed by atoms with Crippen LogP contribution >= 0.6 is 0 Å². The van der Waals surface area contributed by atoms with Crippen molar-refractivity contribution in [3.05, 3.63) is 0 Å². The van der Waals surface area contributed by atoms with E-state index in [-0.39, 0.29) is 0 Å². The summed E-state index contributed by atoms with van der Waals surface area (Å²) in [5.74, 6) is 1.80. The quantitative estimate of drug-likeness (QED) is 0.821. The van der Waals surface area contributed by atoms with Crippen LogP contribution in [0.5, 0.6) is 0 Å². The zero-order chi connectivity index (χ0) is 14.6.